The second kappa shape index (κ2) is 11.9. The van der Waals surface area contributed by atoms with Crippen LogP contribution in [0.3, 0.4) is 0 Å². The quantitative estimate of drug-likeness (QED) is 0.331. The second-order valence-electron chi connectivity index (χ2n) is 11.7. The fourth-order valence-corrected chi connectivity index (χ4v) is 4.29. The molecule has 0 radical (unpaired) electrons. The molecule has 2 aromatic carbocycles. The van der Waals surface area contributed by atoms with Crippen LogP contribution in [0.15, 0.2) is 30.3 Å². The Bertz CT molecular complexity index is 1320. The maximum atomic E-state index is 13.4. The summed E-state index contributed by atoms with van der Waals surface area (Å²) in [4.78, 5) is 35.4. The van der Waals surface area contributed by atoms with Crippen LogP contribution in [0.25, 0.3) is 0 Å². The van der Waals surface area contributed by atoms with Gasteiger partial charge in [0.25, 0.3) is 0 Å². The third-order valence-corrected chi connectivity index (χ3v) is 6.45. The van der Waals surface area contributed by atoms with Crippen molar-refractivity contribution in [3.8, 4) is 5.75 Å². The zero-order valence-corrected chi connectivity index (χ0v) is 23.9. The molecule has 0 amide bonds. The molecule has 224 valence electrons. The van der Waals surface area contributed by atoms with E-state index in [1.165, 1.54) is 7.11 Å². The number of fused-ring (bicyclic) bond motifs is 1. The first-order chi connectivity index (χ1) is 18.6. The molecule has 3 rings (SSSR count). The number of Topliss-reactive ketones (excluding diaryl/α,β-unsaturated/α-hetero) is 1. The van der Waals surface area contributed by atoms with Crippen LogP contribution in [0, 0.1) is 5.41 Å². The number of methoxy groups -OCH3 is 1. The Labute approximate surface area is 236 Å². The number of aromatic hydroxyl groups is 1. The predicted molar refractivity (Wildman–Crippen MR) is 145 cm³/mol. The molecule has 0 spiro atoms. The van der Waals surface area contributed by atoms with Crippen LogP contribution in [0.5, 0.6) is 5.75 Å². The van der Waals surface area contributed by atoms with Gasteiger partial charge in [-0.3, -0.25) is 10.2 Å². The van der Waals surface area contributed by atoms with Gasteiger partial charge in [0.2, 0.25) is 0 Å². The molecule has 0 saturated carbocycles. The molecular formula is C29H35F3N2O7. The number of hydrogen-bond acceptors (Lipinski definition) is 6. The van der Waals surface area contributed by atoms with E-state index in [2.05, 4.69) is 0 Å². The molecule has 0 aromatic heterocycles. The summed E-state index contributed by atoms with van der Waals surface area (Å²) in [7, 11) is 1.33. The maximum absolute atomic E-state index is 13.4. The summed E-state index contributed by atoms with van der Waals surface area (Å²) in [5.41, 5.74) is 3.14. The number of ketones is 1. The average Bonchev–Trinajstić information content (AvgIpc) is 3.12. The average molecular weight is 581 g/mol. The lowest BCUT2D eigenvalue weighted by atomic mass is 9.78. The van der Waals surface area contributed by atoms with E-state index in [-0.39, 0.29) is 34.7 Å². The van der Waals surface area contributed by atoms with Gasteiger partial charge in [-0.1, -0.05) is 53.7 Å². The number of carbonyl (C=O) groups is 3. The summed E-state index contributed by atoms with van der Waals surface area (Å²) in [6.45, 7) is 12.4. The minimum atomic E-state index is -5.08. The molecule has 0 bridgehead atoms. The highest BCUT2D eigenvalue weighted by Gasteiger charge is 2.38. The summed E-state index contributed by atoms with van der Waals surface area (Å²) >= 11 is 0. The highest BCUT2D eigenvalue weighted by atomic mass is 19.4. The van der Waals surface area contributed by atoms with Gasteiger partial charge in [-0.2, -0.15) is 13.2 Å². The number of aliphatic carboxylic acids is 2. The van der Waals surface area contributed by atoms with Crippen LogP contribution in [-0.4, -0.2) is 63.6 Å². The number of carbonyl (C=O) groups excluding carboxylic acids is 1. The number of rotatable bonds is 6. The van der Waals surface area contributed by atoms with Gasteiger partial charge in [0.1, 0.15) is 11.6 Å². The molecule has 1 atom stereocenters. The van der Waals surface area contributed by atoms with Crippen LogP contribution in [0.4, 0.5) is 13.2 Å². The number of phenols is 1. The summed E-state index contributed by atoms with van der Waals surface area (Å²) in [5, 5.41) is 36.0. The Morgan fingerprint density at radius 1 is 0.976 bits per heavy atom. The molecule has 1 aliphatic rings. The van der Waals surface area contributed by atoms with E-state index in [4.69, 9.17) is 20.0 Å². The van der Waals surface area contributed by atoms with Crippen molar-refractivity contribution in [1.29, 1.82) is 5.41 Å². The number of halogens is 3. The van der Waals surface area contributed by atoms with Crippen molar-refractivity contribution in [3.63, 3.8) is 0 Å². The number of carboxylic acid groups (broad SMARTS) is 2. The summed E-state index contributed by atoms with van der Waals surface area (Å²) < 4.78 is 36.8. The van der Waals surface area contributed by atoms with E-state index < -0.39 is 24.2 Å². The summed E-state index contributed by atoms with van der Waals surface area (Å²) in [6.07, 6.45) is -6.20. The van der Waals surface area contributed by atoms with Crippen molar-refractivity contribution in [2.45, 2.75) is 71.2 Å². The normalized spacial score (nSPS) is 14.2. The lowest BCUT2D eigenvalue weighted by Gasteiger charge is -2.28. The third kappa shape index (κ3) is 7.84. The molecule has 0 fully saturated rings. The summed E-state index contributed by atoms with van der Waals surface area (Å²) in [6, 6.07) is 8.64. The molecule has 4 N–H and O–H groups in total. The largest absolute Gasteiger partial charge is 0.507 e. The van der Waals surface area contributed by atoms with Crippen molar-refractivity contribution < 1.29 is 47.6 Å². The number of nitrogens with zero attached hydrogens (tertiary/aromatic N) is 1. The lowest BCUT2D eigenvalue weighted by Crippen LogP contribution is -2.30. The molecule has 41 heavy (non-hydrogen) atoms. The van der Waals surface area contributed by atoms with Gasteiger partial charge in [-0.15, -0.1) is 0 Å². The second-order valence-corrected chi connectivity index (χ2v) is 11.7. The maximum Gasteiger partial charge on any atom is 0.490 e. The fraction of sp³-hybridized carbons (Fsp3) is 0.448. The Kier molecular flexibility index (Phi) is 9.65. The number of amidine groups is 1. The molecule has 0 saturated heterocycles. The molecule has 2 aromatic rings. The molecule has 9 nitrogen and oxygen atoms in total. The van der Waals surface area contributed by atoms with E-state index in [0.717, 1.165) is 5.56 Å². The number of hydrogen-bond donors (Lipinski definition) is 4. The van der Waals surface area contributed by atoms with Crippen molar-refractivity contribution in [2.24, 2.45) is 0 Å². The standard InChI is InChI=1S/C27H34N2O5.C2HF3O2/c1-26(2,3)19-11-17(12-20(22(19)31)27(4,5)6)21(30)14-29-13-16-9-8-15(10-18(16)24(29)28)23(34-7)25(32)33;3-2(4,5)1(6)7/h8-12,23,28,31H,13-14H2,1-7H3,(H,32,33);(H,6,7). The number of phenolic OH excluding ortho intramolecular Hbond substituents is 1. The van der Waals surface area contributed by atoms with E-state index in [0.29, 0.717) is 34.4 Å². The third-order valence-electron chi connectivity index (χ3n) is 6.45. The minimum Gasteiger partial charge on any atom is -0.507 e. The Morgan fingerprint density at radius 2 is 1.46 bits per heavy atom. The van der Waals surface area contributed by atoms with Gasteiger partial charge in [-0.05, 0) is 40.2 Å². The van der Waals surface area contributed by atoms with Crippen LogP contribution >= 0.6 is 0 Å². The number of carboxylic acids is 2. The number of benzene rings is 2. The minimum absolute atomic E-state index is 0.00737. The van der Waals surface area contributed by atoms with Crippen LogP contribution in [-0.2, 0) is 31.7 Å². The monoisotopic (exact) mass is 580 g/mol. The molecule has 1 aliphatic heterocycles. The van der Waals surface area contributed by atoms with Crippen molar-refractivity contribution >= 4 is 23.6 Å². The number of ether oxygens (including phenoxy) is 1. The Morgan fingerprint density at radius 3 is 1.85 bits per heavy atom. The van der Waals surface area contributed by atoms with E-state index in [9.17, 15) is 33.0 Å². The first-order valence-corrected chi connectivity index (χ1v) is 12.5. The van der Waals surface area contributed by atoms with E-state index in [1.54, 1.807) is 35.2 Å². The molecule has 12 heteroatoms. The van der Waals surface area contributed by atoms with Crippen molar-refractivity contribution in [3.05, 3.63) is 63.7 Å². The Hall–Kier alpha value is -3.93. The topological polar surface area (TPSA) is 148 Å². The molecule has 1 unspecified atom stereocenters. The van der Waals surface area contributed by atoms with Gasteiger partial charge < -0.3 is 25.0 Å². The zero-order valence-electron chi connectivity index (χ0n) is 23.9. The molecular weight excluding hydrogens is 545 g/mol. The van der Waals surface area contributed by atoms with Gasteiger partial charge in [0.05, 0.1) is 6.54 Å². The number of nitrogens with one attached hydrogen (secondary N) is 1. The van der Waals surface area contributed by atoms with Crippen LogP contribution in [0.2, 0.25) is 0 Å². The number of alkyl halides is 3. The predicted octanol–water partition coefficient (Wildman–Crippen LogP) is 5.42. The first-order valence-electron chi connectivity index (χ1n) is 12.5. The van der Waals surface area contributed by atoms with Gasteiger partial charge >= 0.3 is 18.1 Å². The smallest absolute Gasteiger partial charge is 0.490 e. The van der Waals surface area contributed by atoms with Gasteiger partial charge in [-0.25, -0.2) is 9.59 Å². The van der Waals surface area contributed by atoms with Gasteiger partial charge in [0, 0.05) is 35.9 Å². The molecule has 0 aliphatic carbocycles. The Balaban J connectivity index is 0.000000745. The zero-order chi connectivity index (χ0) is 31.7. The van der Waals surface area contributed by atoms with Crippen LogP contribution < -0.4 is 0 Å². The SMILES string of the molecule is COC(C(=O)O)c1ccc2c(c1)C(=N)N(CC(=O)c1cc(C(C)(C)C)c(O)c(C(C)(C)C)c1)C2.O=C(O)C(F)(F)F. The van der Waals surface area contributed by atoms with Gasteiger partial charge in [0.15, 0.2) is 11.9 Å². The van der Waals surface area contributed by atoms with E-state index >= 15 is 0 Å². The van der Waals surface area contributed by atoms with Crippen molar-refractivity contribution in [2.75, 3.05) is 13.7 Å². The highest BCUT2D eigenvalue weighted by Crippen LogP contribution is 2.40. The lowest BCUT2D eigenvalue weighted by molar-refractivity contribution is -0.192. The van der Waals surface area contributed by atoms with E-state index in [1.807, 2.05) is 41.5 Å². The fourth-order valence-electron chi connectivity index (χ4n) is 4.29. The first kappa shape index (κ1) is 33.3. The molecule has 1 heterocycles. The van der Waals surface area contributed by atoms with Crippen LogP contribution in [0.1, 0.15) is 85.8 Å². The summed E-state index contributed by atoms with van der Waals surface area (Å²) in [5.74, 6) is -3.61. The highest BCUT2D eigenvalue weighted by molar-refractivity contribution is 6.05. The van der Waals surface area contributed by atoms with Crippen molar-refractivity contribution in [1.82, 2.24) is 4.90 Å².